The Morgan fingerprint density at radius 1 is 1.43 bits per heavy atom. The van der Waals surface area contributed by atoms with Crippen LogP contribution >= 0.6 is 10.7 Å². The SMILES string of the molecule is CCc1nn(CC(=O)NCCC#N)c(CC)c1S(=O)(=O)Cl. The Morgan fingerprint density at radius 2 is 2.10 bits per heavy atom. The number of carbonyl (C=O) groups is 1. The first-order chi connectivity index (χ1) is 9.85. The summed E-state index contributed by atoms with van der Waals surface area (Å²) < 4.78 is 24.7. The number of halogens is 1. The van der Waals surface area contributed by atoms with Crippen molar-refractivity contribution in [1.82, 2.24) is 15.1 Å². The van der Waals surface area contributed by atoms with Crippen LogP contribution < -0.4 is 5.32 Å². The molecule has 0 atom stereocenters. The smallest absolute Gasteiger partial charge is 0.264 e. The first kappa shape index (κ1) is 17.5. The molecule has 0 saturated carbocycles. The topological polar surface area (TPSA) is 105 Å². The van der Waals surface area contributed by atoms with E-state index in [1.165, 1.54) is 4.68 Å². The molecule has 7 nitrogen and oxygen atoms in total. The zero-order valence-electron chi connectivity index (χ0n) is 11.9. The molecular formula is C12H17ClN4O3S. The van der Waals surface area contributed by atoms with Crippen LogP contribution in [-0.4, -0.2) is 30.7 Å². The summed E-state index contributed by atoms with van der Waals surface area (Å²) in [4.78, 5) is 11.7. The van der Waals surface area contributed by atoms with Gasteiger partial charge in [0.05, 0.1) is 23.9 Å². The largest absolute Gasteiger partial charge is 0.353 e. The average molecular weight is 333 g/mol. The average Bonchev–Trinajstić information content (AvgIpc) is 2.76. The maximum atomic E-state index is 11.8. The Balaban J connectivity index is 3.07. The highest BCUT2D eigenvalue weighted by Gasteiger charge is 2.25. The van der Waals surface area contributed by atoms with E-state index in [2.05, 4.69) is 10.4 Å². The van der Waals surface area contributed by atoms with Gasteiger partial charge in [0.1, 0.15) is 11.4 Å². The van der Waals surface area contributed by atoms with Gasteiger partial charge in [-0.3, -0.25) is 9.48 Å². The number of nitriles is 1. The molecule has 0 aromatic carbocycles. The molecule has 0 aliphatic carbocycles. The van der Waals surface area contributed by atoms with E-state index < -0.39 is 9.05 Å². The lowest BCUT2D eigenvalue weighted by Crippen LogP contribution is -2.29. The second-order valence-electron chi connectivity index (χ2n) is 4.28. The van der Waals surface area contributed by atoms with Crippen LogP contribution in [0.25, 0.3) is 0 Å². The highest BCUT2D eigenvalue weighted by molar-refractivity contribution is 8.13. The molecule has 1 aromatic heterocycles. The lowest BCUT2D eigenvalue weighted by molar-refractivity contribution is -0.121. The van der Waals surface area contributed by atoms with Gasteiger partial charge in [0.15, 0.2) is 0 Å². The summed E-state index contributed by atoms with van der Waals surface area (Å²) in [7, 11) is 1.55. The minimum absolute atomic E-state index is 0.000934. The summed E-state index contributed by atoms with van der Waals surface area (Å²) in [5, 5.41) is 15.1. The van der Waals surface area contributed by atoms with Gasteiger partial charge in [0.25, 0.3) is 9.05 Å². The Labute approximate surface area is 128 Å². The normalized spacial score (nSPS) is 11.1. The Bertz CT molecular complexity index is 661. The molecule has 0 unspecified atom stereocenters. The lowest BCUT2D eigenvalue weighted by Gasteiger charge is -2.07. The van der Waals surface area contributed by atoms with E-state index in [9.17, 15) is 13.2 Å². The molecule has 0 saturated heterocycles. The van der Waals surface area contributed by atoms with Gasteiger partial charge in [-0.1, -0.05) is 13.8 Å². The maximum absolute atomic E-state index is 11.8. The Morgan fingerprint density at radius 3 is 2.57 bits per heavy atom. The molecule has 1 rings (SSSR count). The van der Waals surface area contributed by atoms with Crippen molar-refractivity contribution < 1.29 is 13.2 Å². The molecule has 0 aliphatic rings. The van der Waals surface area contributed by atoms with Crippen LogP contribution in [0, 0.1) is 11.3 Å². The summed E-state index contributed by atoms with van der Waals surface area (Å²) in [6.07, 6.45) is 1.00. The van der Waals surface area contributed by atoms with E-state index in [4.69, 9.17) is 15.9 Å². The van der Waals surface area contributed by atoms with Gasteiger partial charge in [-0.25, -0.2) is 8.42 Å². The second kappa shape index (κ2) is 7.43. The zero-order valence-corrected chi connectivity index (χ0v) is 13.5. The van der Waals surface area contributed by atoms with Crippen molar-refractivity contribution in [2.75, 3.05) is 6.54 Å². The number of carbonyl (C=O) groups excluding carboxylic acids is 1. The van der Waals surface area contributed by atoms with Gasteiger partial charge in [-0.15, -0.1) is 0 Å². The van der Waals surface area contributed by atoms with Crippen LogP contribution in [0.2, 0.25) is 0 Å². The van der Waals surface area contributed by atoms with Crippen molar-refractivity contribution in [3.63, 3.8) is 0 Å². The molecule has 1 amide bonds. The van der Waals surface area contributed by atoms with Crippen molar-refractivity contribution in [2.45, 2.75) is 44.6 Å². The third kappa shape index (κ3) is 4.44. The van der Waals surface area contributed by atoms with Crippen LogP contribution in [0.1, 0.15) is 31.7 Å². The fourth-order valence-electron chi connectivity index (χ4n) is 1.97. The van der Waals surface area contributed by atoms with Crippen LogP contribution in [0.5, 0.6) is 0 Å². The number of hydrogen-bond donors (Lipinski definition) is 1. The monoisotopic (exact) mass is 332 g/mol. The van der Waals surface area contributed by atoms with Crippen LogP contribution in [0.15, 0.2) is 4.90 Å². The van der Waals surface area contributed by atoms with Crippen molar-refractivity contribution in [1.29, 1.82) is 5.26 Å². The third-order valence-corrected chi connectivity index (χ3v) is 4.26. The molecule has 0 bridgehead atoms. The molecule has 1 heterocycles. The molecule has 9 heteroatoms. The zero-order chi connectivity index (χ0) is 16.0. The van der Waals surface area contributed by atoms with Gasteiger partial charge in [0, 0.05) is 17.2 Å². The van der Waals surface area contributed by atoms with E-state index in [0.717, 1.165) is 0 Å². The van der Waals surface area contributed by atoms with Crippen molar-refractivity contribution in [2.24, 2.45) is 0 Å². The van der Waals surface area contributed by atoms with Crippen molar-refractivity contribution in [3.8, 4) is 6.07 Å². The van der Waals surface area contributed by atoms with Gasteiger partial charge < -0.3 is 5.32 Å². The van der Waals surface area contributed by atoms with Gasteiger partial charge in [-0.2, -0.15) is 10.4 Å². The number of aromatic nitrogens is 2. The molecular weight excluding hydrogens is 316 g/mol. The molecule has 21 heavy (non-hydrogen) atoms. The van der Waals surface area contributed by atoms with E-state index in [-0.39, 0.29) is 30.3 Å². The van der Waals surface area contributed by atoms with E-state index in [1.807, 2.05) is 6.07 Å². The van der Waals surface area contributed by atoms with Gasteiger partial charge in [0.2, 0.25) is 5.91 Å². The Kier molecular flexibility index (Phi) is 6.18. The number of rotatable bonds is 7. The first-order valence-electron chi connectivity index (χ1n) is 6.51. The number of aryl methyl sites for hydroxylation is 1. The third-order valence-electron chi connectivity index (χ3n) is 2.84. The molecule has 1 aromatic rings. The van der Waals surface area contributed by atoms with Gasteiger partial charge in [-0.05, 0) is 12.8 Å². The summed E-state index contributed by atoms with van der Waals surface area (Å²) in [5.41, 5.74) is 0.768. The predicted octanol–water partition coefficient (Wildman–Crippen LogP) is 0.965. The maximum Gasteiger partial charge on any atom is 0.264 e. The fraction of sp³-hybridized carbons (Fsp3) is 0.583. The number of amides is 1. The van der Waals surface area contributed by atoms with E-state index >= 15 is 0 Å². The molecule has 0 aliphatic heterocycles. The van der Waals surface area contributed by atoms with E-state index in [0.29, 0.717) is 24.2 Å². The molecule has 1 N–H and O–H groups in total. The second-order valence-corrected chi connectivity index (χ2v) is 6.79. The predicted molar refractivity (Wildman–Crippen MR) is 77.3 cm³/mol. The fourth-order valence-corrected chi connectivity index (χ4v) is 3.50. The first-order valence-corrected chi connectivity index (χ1v) is 8.82. The highest BCUT2D eigenvalue weighted by atomic mass is 35.7. The van der Waals surface area contributed by atoms with Crippen LogP contribution in [-0.2, 0) is 33.2 Å². The Hall–Kier alpha value is -1.59. The summed E-state index contributed by atoms with van der Waals surface area (Å²) in [5.74, 6) is -0.330. The van der Waals surface area contributed by atoms with Crippen molar-refractivity contribution >= 4 is 25.6 Å². The lowest BCUT2D eigenvalue weighted by atomic mass is 10.2. The molecule has 0 fully saturated rings. The summed E-state index contributed by atoms with van der Waals surface area (Å²) in [6, 6.07) is 1.92. The summed E-state index contributed by atoms with van der Waals surface area (Å²) >= 11 is 0. The molecule has 0 radical (unpaired) electrons. The number of nitrogens with zero attached hydrogens (tertiary/aromatic N) is 3. The standard InChI is InChI=1S/C12H17ClN4O3S/c1-3-9-12(21(13,19)20)10(4-2)17(16-9)8-11(18)15-7-5-6-14/h3-5,7-8H2,1-2H3,(H,15,18). The van der Waals surface area contributed by atoms with Crippen LogP contribution in [0.4, 0.5) is 0 Å². The number of nitrogens with one attached hydrogen (secondary N) is 1. The minimum atomic E-state index is -3.91. The number of hydrogen-bond acceptors (Lipinski definition) is 5. The van der Waals surface area contributed by atoms with Crippen molar-refractivity contribution in [3.05, 3.63) is 11.4 Å². The molecule has 0 spiro atoms. The quantitative estimate of drug-likeness (QED) is 0.591. The van der Waals surface area contributed by atoms with E-state index in [1.54, 1.807) is 13.8 Å². The highest BCUT2D eigenvalue weighted by Crippen LogP contribution is 2.25. The molecule has 116 valence electrons. The summed E-state index contributed by atoms with van der Waals surface area (Å²) in [6.45, 7) is 3.68. The van der Waals surface area contributed by atoms with Crippen LogP contribution in [0.3, 0.4) is 0 Å². The minimum Gasteiger partial charge on any atom is -0.353 e. The van der Waals surface area contributed by atoms with Gasteiger partial charge >= 0.3 is 0 Å².